The minimum absolute atomic E-state index is 0.0841. The maximum Gasteiger partial charge on any atom is 0.387 e. The Morgan fingerprint density at radius 2 is 2.18 bits per heavy atom. The number of non-ortho nitro benzene ring substituents is 1. The molecule has 7 heteroatoms. The molecule has 0 heterocycles. The normalized spacial score (nSPS) is 10.3. The molecule has 17 heavy (non-hydrogen) atoms. The van der Waals surface area contributed by atoms with Gasteiger partial charge in [-0.25, -0.2) is 0 Å². The minimum atomic E-state index is -3.01. The lowest BCUT2D eigenvalue weighted by atomic mass is 10.1. The summed E-state index contributed by atoms with van der Waals surface area (Å²) < 4.78 is 28.3. The van der Waals surface area contributed by atoms with Gasteiger partial charge in [0, 0.05) is 24.1 Å². The van der Waals surface area contributed by atoms with Gasteiger partial charge in [0.1, 0.15) is 12.0 Å². The van der Waals surface area contributed by atoms with Crippen LogP contribution in [0.1, 0.15) is 12.0 Å². The van der Waals surface area contributed by atoms with Crippen LogP contribution < -0.4 is 4.74 Å². The summed E-state index contributed by atoms with van der Waals surface area (Å²) in [5.74, 6) is -0.146. The van der Waals surface area contributed by atoms with Gasteiger partial charge in [0.05, 0.1) is 4.92 Å². The summed E-state index contributed by atoms with van der Waals surface area (Å²) in [5, 5.41) is 10.5. The first-order valence-electron chi connectivity index (χ1n) is 4.70. The Balaban J connectivity index is 3.02. The average molecular weight is 245 g/mol. The Morgan fingerprint density at radius 3 is 2.71 bits per heavy atom. The van der Waals surface area contributed by atoms with Crippen LogP contribution in [0.4, 0.5) is 14.5 Å². The number of hydrogen-bond donors (Lipinski definition) is 0. The Labute approximate surface area is 95.2 Å². The van der Waals surface area contributed by atoms with Crippen molar-refractivity contribution in [1.82, 2.24) is 0 Å². The molecule has 0 amide bonds. The molecule has 0 radical (unpaired) electrons. The molecule has 0 saturated heterocycles. The summed E-state index contributed by atoms with van der Waals surface area (Å²) in [7, 11) is 0. The van der Waals surface area contributed by atoms with Crippen LogP contribution >= 0.6 is 0 Å². The highest BCUT2D eigenvalue weighted by atomic mass is 19.3. The van der Waals surface area contributed by atoms with Gasteiger partial charge in [0.25, 0.3) is 5.69 Å². The standard InChI is InChI=1S/C10H9F2NO4/c11-10(12)17-9-4-3-8(13(15)16)6-7(9)2-1-5-14/h3-6,10H,1-2H2. The number of hydrogen-bond acceptors (Lipinski definition) is 4. The summed E-state index contributed by atoms with van der Waals surface area (Å²) in [5.41, 5.74) is -0.0147. The molecule has 0 bridgehead atoms. The van der Waals surface area contributed by atoms with E-state index in [1.165, 1.54) is 0 Å². The zero-order chi connectivity index (χ0) is 12.8. The van der Waals surface area contributed by atoms with Gasteiger partial charge in [0.2, 0.25) is 0 Å². The number of halogens is 2. The van der Waals surface area contributed by atoms with Crippen molar-refractivity contribution in [3.63, 3.8) is 0 Å². The lowest BCUT2D eigenvalue weighted by Gasteiger charge is -2.09. The molecule has 0 aliphatic heterocycles. The van der Waals surface area contributed by atoms with Crippen molar-refractivity contribution in [1.29, 1.82) is 0 Å². The predicted octanol–water partition coefficient (Wildman–Crippen LogP) is 2.33. The molecule has 1 aromatic carbocycles. The second-order valence-corrected chi connectivity index (χ2v) is 3.13. The summed E-state index contributed by atoms with van der Waals surface area (Å²) in [6.07, 6.45) is 0.805. The molecule has 0 fully saturated rings. The molecule has 0 unspecified atom stereocenters. The van der Waals surface area contributed by atoms with Gasteiger partial charge in [0.15, 0.2) is 0 Å². The van der Waals surface area contributed by atoms with Crippen LogP contribution in [-0.4, -0.2) is 17.8 Å². The Bertz CT molecular complexity index is 423. The third-order valence-electron chi connectivity index (χ3n) is 2.00. The highest BCUT2D eigenvalue weighted by molar-refractivity contribution is 5.52. The third kappa shape index (κ3) is 3.78. The van der Waals surface area contributed by atoms with Gasteiger partial charge in [-0.05, 0) is 12.5 Å². The Hall–Kier alpha value is -2.05. The van der Waals surface area contributed by atoms with Gasteiger partial charge in [-0.3, -0.25) is 10.1 Å². The molecule has 0 spiro atoms. The summed E-state index contributed by atoms with van der Waals surface area (Å²) in [6, 6.07) is 3.30. The van der Waals surface area contributed by atoms with Crippen molar-refractivity contribution in [2.75, 3.05) is 0 Å². The van der Waals surface area contributed by atoms with Crippen molar-refractivity contribution in [2.24, 2.45) is 0 Å². The molecule has 0 aliphatic carbocycles. The monoisotopic (exact) mass is 245 g/mol. The summed E-state index contributed by atoms with van der Waals surface area (Å²) in [6.45, 7) is -3.01. The zero-order valence-electron chi connectivity index (χ0n) is 8.64. The van der Waals surface area contributed by atoms with Gasteiger partial charge >= 0.3 is 6.61 Å². The number of nitrogens with zero attached hydrogens (tertiary/aromatic N) is 1. The molecule has 1 rings (SSSR count). The highest BCUT2D eigenvalue weighted by Gasteiger charge is 2.14. The smallest absolute Gasteiger partial charge is 0.387 e. The summed E-state index contributed by atoms with van der Waals surface area (Å²) in [4.78, 5) is 20.1. The number of carbonyl (C=O) groups is 1. The quantitative estimate of drug-likeness (QED) is 0.438. The van der Waals surface area contributed by atoms with Crippen LogP contribution in [0.15, 0.2) is 18.2 Å². The first kappa shape index (κ1) is 13.0. The van der Waals surface area contributed by atoms with E-state index in [-0.39, 0.29) is 29.8 Å². The Morgan fingerprint density at radius 1 is 1.47 bits per heavy atom. The van der Waals surface area contributed by atoms with E-state index in [2.05, 4.69) is 4.74 Å². The number of nitro groups is 1. The van der Waals surface area contributed by atoms with Crippen molar-refractivity contribution in [3.8, 4) is 5.75 Å². The van der Waals surface area contributed by atoms with Gasteiger partial charge in [-0.2, -0.15) is 8.78 Å². The third-order valence-corrected chi connectivity index (χ3v) is 2.00. The van der Waals surface area contributed by atoms with E-state index < -0.39 is 11.5 Å². The number of nitro benzene ring substituents is 1. The first-order valence-corrected chi connectivity index (χ1v) is 4.70. The number of aryl methyl sites for hydroxylation is 1. The molecule has 92 valence electrons. The van der Waals surface area contributed by atoms with E-state index in [0.717, 1.165) is 18.2 Å². The van der Waals surface area contributed by atoms with E-state index >= 15 is 0 Å². The predicted molar refractivity (Wildman–Crippen MR) is 54.1 cm³/mol. The fourth-order valence-corrected chi connectivity index (χ4v) is 1.30. The molecular weight excluding hydrogens is 236 g/mol. The lowest BCUT2D eigenvalue weighted by molar-refractivity contribution is -0.385. The maximum absolute atomic E-state index is 12.1. The fraction of sp³-hybridized carbons (Fsp3) is 0.300. The number of benzene rings is 1. The van der Waals surface area contributed by atoms with Crippen LogP contribution in [0.5, 0.6) is 5.75 Å². The van der Waals surface area contributed by atoms with Crippen LogP contribution in [-0.2, 0) is 11.2 Å². The molecule has 5 nitrogen and oxygen atoms in total. The second-order valence-electron chi connectivity index (χ2n) is 3.13. The maximum atomic E-state index is 12.1. The van der Waals surface area contributed by atoms with E-state index in [9.17, 15) is 23.7 Å². The molecule has 0 N–H and O–H groups in total. The number of ether oxygens (including phenoxy) is 1. The Kier molecular flexibility index (Phi) is 4.50. The van der Waals surface area contributed by atoms with Crippen molar-refractivity contribution in [3.05, 3.63) is 33.9 Å². The van der Waals surface area contributed by atoms with Crippen LogP contribution in [0, 0.1) is 10.1 Å². The minimum Gasteiger partial charge on any atom is -0.435 e. The second kappa shape index (κ2) is 5.88. The van der Waals surface area contributed by atoms with Crippen molar-refractivity contribution >= 4 is 12.0 Å². The lowest BCUT2D eigenvalue weighted by Crippen LogP contribution is -2.05. The molecule has 0 aliphatic rings. The highest BCUT2D eigenvalue weighted by Crippen LogP contribution is 2.26. The van der Waals surface area contributed by atoms with Gasteiger partial charge in [-0.15, -0.1) is 0 Å². The molecular formula is C10H9F2NO4. The van der Waals surface area contributed by atoms with Gasteiger partial charge < -0.3 is 9.53 Å². The van der Waals surface area contributed by atoms with Crippen LogP contribution in [0.2, 0.25) is 0 Å². The first-order chi connectivity index (χ1) is 8.04. The van der Waals surface area contributed by atoms with Gasteiger partial charge in [-0.1, -0.05) is 0 Å². The van der Waals surface area contributed by atoms with Crippen molar-refractivity contribution < 1.29 is 23.2 Å². The number of rotatable bonds is 6. The molecule has 0 aromatic heterocycles. The number of alkyl halides is 2. The number of aldehydes is 1. The SMILES string of the molecule is O=CCCc1cc([N+](=O)[O-])ccc1OC(F)F. The zero-order valence-corrected chi connectivity index (χ0v) is 8.64. The molecule has 0 atom stereocenters. The topological polar surface area (TPSA) is 69.4 Å². The molecule has 0 saturated carbocycles. The van der Waals surface area contributed by atoms with E-state index in [1.807, 2.05) is 0 Å². The van der Waals surface area contributed by atoms with Crippen LogP contribution in [0.25, 0.3) is 0 Å². The average Bonchev–Trinajstić information content (AvgIpc) is 2.26. The van der Waals surface area contributed by atoms with Crippen molar-refractivity contribution in [2.45, 2.75) is 19.5 Å². The van der Waals surface area contributed by atoms with E-state index in [1.54, 1.807) is 0 Å². The fourth-order valence-electron chi connectivity index (χ4n) is 1.30. The number of carbonyl (C=O) groups excluding carboxylic acids is 1. The van der Waals surface area contributed by atoms with E-state index in [4.69, 9.17) is 0 Å². The molecule has 1 aromatic rings. The van der Waals surface area contributed by atoms with E-state index in [0.29, 0.717) is 6.29 Å². The van der Waals surface area contributed by atoms with Crippen LogP contribution in [0.3, 0.4) is 0 Å². The summed E-state index contributed by atoms with van der Waals surface area (Å²) >= 11 is 0. The largest absolute Gasteiger partial charge is 0.435 e.